The second-order valence-corrected chi connectivity index (χ2v) is 6.19. The molecule has 1 aromatic rings. The van der Waals surface area contributed by atoms with Gasteiger partial charge in [0.2, 0.25) is 0 Å². The highest BCUT2D eigenvalue weighted by Gasteiger charge is 2.10. The van der Waals surface area contributed by atoms with Crippen molar-refractivity contribution in [2.75, 3.05) is 25.2 Å². The Morgan fingerprint density at radius 3 is 3.12 bits per heavy atom. The molecule has 1 heterocycles. The van der Waals surface area contributed by atoms with Crippen molar-refractivity contribution in [2.45, 2.75) is 30.7 Å². The largest absolute Gasteiger partial charge is 0.302 e. The molecular formula is C14H20ClNS. The Morgan fingerprint density at radius 2 is 2.29 bits per heavy atom. The summed E-state index contributed by atoms with van der Waals surface area (Å²) in [5.41, 5.74) is 2.98. The topological polar surface area (TPSA) is 3.24 Å². The molecule has 0 fully saturated rings. The maximum absolute atomic E-state index is 5.71. The Balaban J connectivity index is 1.97. The van der Waals surface area contributed by atoms with E-state index in [-0.39, 0.29) is 0 Å². The fourth-order valence-corrected chi connectivity index (χ4v) is 3.37. The van der Waals surface area contributed by atoms with Gasteiger partial charge in [-0.1, -0.05) is 12.1 Å². The molecule has 0 unspecified atom stereocenters. The van der Waals surface area contributed by atoms with Gasteiger partial charge >= 0.3 is 0 Å². The zero-order valence-corrected chi connectivity index (χ0v) is 12.0. The lowest BCUT2D eigenvalue weighted by atomic mass is 10.1. The van der Waals surface area contributed by atoms with Crippen molar-refractivity contribution in [1.29, 1.82) is 0 Å². The summed E-state index contributed by atoms with van der Waals surface area (Å²) < 4.78 is 0. The third kappa shape index (κ3) is 3.90. The van der Waals surface area contributed by atoms with Crippen LogP contribution < -0.4 is 0 Å². The fourth-order valence-electron chi connectivity index (χ4n) is 2.23. The molecule has 0 N–H and O–H groups in total. The van der Waals surface area contributed by atoms with E-state index in [2.05, 4.69) is 30.1 Å². The van der Waals surface area contributed by atoms with E-state index in [9.17, 15) is 0 Å². The number of alkyl halides is 1. The van der Waals surface area contributed by atoms with Crippen LogP contribution in [0.2, 0.25) is 0 Å². The number of hydrogen-bond acceptors (Lipinski definition) is 2. The molecule has 17 heavy (non-hydrogen) atoms. The summed E-state index contributed by atoms with van der Waals surface area (Å²) in [6, 6.07) is 6.96. The Labute approximate surface area is 114 Å². The standard InChI is InChI=1S/C14H20ClNS/c1-16(8-3-7-15)11-12-5-6-14-13(10-12)4-2-9-17-14/h5-6,10H,2-4,7-9,11H2,1H3. The SMILES string of the molecule is CN(CCCCl)Cc1ccc2c(c1)CCCS2. The van der Waals surface area contributed by atoms with Crippen LogP contribution in [0, 0.1) is 0 Å². The maximum Gasteiger partial charge on any atom is 0.0235 e. The monoisotopic (exact) mass is 269 g/mol. The molecule has 2 rings (SSSR count). The van der Waals surface area contributed by atoms with E-state index in [4.69, 9.17) is 11.6 Å². The van der Waals surface area contributed by atoms with Crippen molar-refractivity contribution < 1.29 is 0 Å². The van der Waals surface area contributed by atoms with E-state index in [1.165, 1.54) is 29.1 Å². The van der Waals surface area contributed by atoms with Gasteiger partial charge in [-0.3, -0.25) is 0 Å². The van der Waals surface area contributed by atoms with Crippen LogP contribution in [-0.4, -0.2) is 30.1 Å². The predicted molar refractivity (Wildman–Crippen MR) is 77.2 cm³/mol. The van der Waals surface area contributed by atoms with E-state index < -0.39 is 0 Å². The molecule has 0 aromatic heterocycles. The second-order valence-electron chi connectivity index (χ2n) is 4.67. The van der Waals surface area contributed by atoms with E-state index in [1.807, 2.05) is 11.8 Å². The molecule has 1 aliphatic heterocycles. The molecule has 1 nitrogen and oxygen atoms in total. The molecule has 3 heteroatoms. The first-order valence-electron chi connectivity index (χ1n) is 6.28. The molecule has 0 amide bonds. The summed E-state index contributed by atoms with van der Waals surface area (Å²) in [5.74, 6) is 2.03. The van der Waals surface area contributed by atoms with Crippen LogP contribution in [0.4, 0.5) is 0 Å². The third-order valence-corrected chi connectivity index (χ3v) is 4.57. The van der Waals surface area contributed by atoms with E-state index in [0.29, 0.717) is 0 Å². The van der Waals surface area contributed by atoms with Gasteiger partial charge in [0.05, 0.1) is 0 Å². The van der Waals surface area contributed by atoms with Gasteiger partial charge in [-0.25, -0.2) is 0 Å². The number of nitrogens with zero attached hydrogens (tertiary/aromatic N) is 1. The zero-order chi connectivity index (χ0) is 12.1. The fraction of sp³-hybridized carbons (Fsp3) is 0.571. The van der Waals surface area contributed by atoms with Gasteiger partial charge in [0.1, 0.15) is 0 Å². The Kier molecular flexibility index (Phi) is 5.20. The summed E-state index contributed by atoms with van der Waals surface area (Å²) in [6.07, 6.45) is 3.64. The van der Waals surface area contributed by atoms with Gasteiger partial charge in [-0.15, -0.1) is 23.4 Å². The molecule has 0 aliphatic carbocycles. The number of hydrogen-bond donors (Lipinski definition) is 0. The van der Waals surface area contributed by atoms with Crippen molar-refractivity contribution in [2.24, 2.45) is 0 Å². The average Bonchev–Trinajstić information content (AvgIpc) is 2.36. The third-order valence-electron chi connectivity index (χ3n) is 3.10. The number of halogens is 1. The summed E-state index contributed by atoms with van der Waals surface area (Å²) in [7, 11) is 2.17. The minimum absolute atomic E-state index is 0.755. The van der Waals surface area contributed by atoms with Gasteiger partial charge in [-0.05, 0) is 55.8 Å². The van der Waals surface area contributed by atoms with Gasteiger partial charge < -0.3 is 4.90 Å². The molecule has 0 atom stereocenters. The summed E-state index contributed by atoms with van der Waals surface area (Å²) >= 11 is 7.71. The van der Waals surface area contributed by atoms with Crippen LogP contribution in [0.1, 0.15) is 24.0 Å². The average molecular weight is 270 g/mol. The summed E-state index contributed by atoms with van der Waals surface area (Å²) in [4.78, 5) is 3.84. The Bertz CT molecular complexity index is 367. The lowest BCUT2D eigenvalue weighted by Gasteiger charge is -2.19. The Hall–Kier alpha value is -0.180. The van der Waals surface area contributed by atoms with Crippen LogP contribution >= 0.6 is 23.4 Å². The quantitative estimate of drug-likeness (QED) is 0.749. The highest BCUT2D eigenvalue weighted by Crippen LogP contribution is 2.30. The number of thioether (sulfide) groups is 1. The summed E-state index contributed by atoms with van der Waals surface area (Å²) in [5, 5.41) is 0. The first kappa shape index (κ1) is 13.3. The highest BCUT2D eigenvalue weighted by atomic mass is 35.5. The molecule has 0 spiro atoms. The van der Waals surface area contributed by atoms with Gasteiger partial charge in [-0.2, -0.15) is 0 Å². The van der Waals surface area contributed by atoms with Gasteiger partial charge in [0, 0.05) is 17.3 Å². The van der Waals surface area contributed by atoms with E-state index in [0.717, 1.165) is 25.4 Å². The lowest BCUT2D eigenvalue weighted by molar-refractivity contribution is 0.328. The lowest BCUT2D eigenvalue weighted by Crippen LogP contribution is -2.19. The molecule has 1 aromatic carbocycles. The molecule has 0 saturated heterocycles. The predicted octanol–water partition coefficient (Wildman–Crippen LogP) is 3.79. The number of fused-ring (bicyclic) bond motifs is 1. The van der Waals surface area contributed by atoms with Crippen LogP contribution in [0.3, 0.4) is 0 Å². The van der Waals surface area contributed by atoms with Crippen LogP contribution in [-0.2, 0) is 13.0 Å². The van der Waals surface area contributed by atoms with Crippen molar-refractivity contribution in [3.8, 4) is 0 Å². The smallest absolute Gasteiger partial charge is 0.0235 e. The van der Waals surface area contributed by atoms with Crippen LogP contribution in [0.15, 0.2) is 23.1 Å². The van der Waals surface area contributed by atoms with Crippen LogP contribution in [0.5, 0.6) is 0 Å². The second kappa shape index (κ2) is 6.67. The van der Waals surface area contributed by atoms with Gasteiger partial charge in [0.25, 0.3) is 0 Å². The molecule has 94 valence electrons. The van der Waals surface area contributed by atoms with Crippen molar-refractivity contribution in [3.63, 3.8) is 0 Å². The number of benzene rings is 1. The molecule has 0 bridgehead atoms. The van der Waals surface area contributed by atoms with Gasteiger partial charge in [0.15, 0.2) is 0 Å². The van der Waals surface area contributed by atoms with Crippen LogP contribution in [0.25, 0.3) is 0 Å². The van der Waals surface area contributed by atoms with Crippen molar-refractivity contribution >= 4 is 23.4 Å². The highest BCUT2D eigenvalue weighted by molar-refractivity contribution is 7.99. The molecule has 0 saturated carbocycles. The Morgan fingerprint density at radius 1 is 1.41 bits per heavy atom. The van der Waals surface area contributed by atoms with E-state index >= 15 is 0 Å². The zero-order valence-electron chi connectivity index (χ0n) is 10.4. The minimum Gasteiger partial charge on any atom is -0.302 e. The molecule has 1 aliphatic rings. The van der Waals surface area contributed by atoms with E-state index in [1.54, 1.807) is 5.56 Å². The minimum atomic E-state index is 0.755. The normalized spacial score (nSPS) is 15.0. The maximum atomic E-state index is 5.71. The summed E-state index contributed by atoms with van der Waals surface area (Å²) in [6.45, 7) is 2.12. The number of rotatable bonds is 5. The van der Waals surface area contributed by atoms with Crippen molar-refractivity contribution in [3.05, 3.63) is 29.3 Å². The first-order valence-corrected chi connectivity index (χ1v) is 7.80. The molecule has 0 radical (unpaired) electrons. The molecular weight excluding hydrogens is 250 g/mol. The number of aryl methyl sites for hydroxylation is 1. The first-order chi connectivity index (χ1) is 8.29. The van der Waals surface area contributed by atoms with Crippen molar-refractivity contribution in [1.82, 2.24) is 4.90 Å².